The Kier molecular flexibility index (Phi) is 5.57. The first-order chi connectivity index (χ1) is 22.3. The fraction of sp³-hybridized carbons (Fsp3) is 0.239. The Morgan fingerprint density at radius 3 is 1.89 bits per heavy atom. The molecule has 0 saturated carbocycles. The lowest BCUT2D eigenvalue weighted by Crippen LogP contribution is -2.19. The standard InChI is InChI=1S/C46H41N/c1-44(2,3)26-18-19-33-39(22-26)46(7,8)40-23-27(45(4,5)6)21-37(42(33)40)35-24-36-31-16-11-15-30-32-17-12-20-47-43(32)38(41(30)31)25-34(36)28-13-9-10-14-29(28)35/h9-25H,1-8H3. The van der Waals surface area contributed by atoms with Gasteiger partial charge in [0.2, 0.25) is 0 Å². The van der Waals surface area contributed by atoms with Gasteiger partial charge >= 0.3 is 0 Å². The number of benzene rings is 6. The summed E-state index contributed by atoms with van der Waals surface area (Å²) < 4.78 is 0. The van der Waals surface area contributed by atoms with E-state index >= 15 is 0 Å². The molecule has 9 rings (SSSR count). The van der Waals surface area contributed by atoms with E-state index in [1.807, 2.05) is 6.20 Å². The highest BCUT2D eigenvalue weighted by Crippen LogP contribution is 2.56. The molecular formula is C46H41N. The van der Waals surface area contributed by atoms with Gasteiger partial charge < -0.3 is 0 Å². The topological polar surface area (TPSA) is 12.9 Å². The molecule has 1 heteroatoms. The van der Waals surface area contributed by atoms with Crippen molar-refractivity contribution in [2.45, 2.75) is 71.6 Å². The minimum absolute atomic E-state index is 0.00584. The molecule has 1 aromatic heterocycles. The van der Waals surface area contributed by atoms with Crippen LogP contribution in [-0.2, 0) is 16.2 Å². The van der Waals surface area contributed by atoms with Crippen molar-refractivity contribution in [1.82, 2.24) is 4.98 Å². The lowest BCUT2D eigenvalue weighted by Gasteiger charge is -2.28. The number of fused-ring (bicyclic) bond motifs is 10. The smallest absolute Gasteiger partial charge is 0.0787 e. The van der Waals surface area contributed by atoms with Gasteiger partial charge in [-0.25, -0.2) is 0 Å². The number of hydrogen-bond acceptors (Lipinski definition) is 1. The van der Waals surface area contributed by atoms with Gasteiger partial charge in [-0.05, 0) is 117 Å². The zero-order valence-electron chi connectivity index (χ0n) is 28.8. The number of rotatable bonds is 1. The summed E-state index contributed by atoms with van der Waals surface area (Å²) in [4.78, 5) is 4.88. The maximum atomic E-state index is 4.88. The first-order valence-corrected chi connectivity index (χ1v) is 17.1. The molecule has 0 atom stereocenters. The van der Waals surface area contributed by atoms with Crippen LogP contribution in [0.25, 0.3) is 77.0 Å². The number of nitrogens with zero attached hydrogens (tertiary/aromatic N) is 1. The van der Waals surface area contributed by atoms with Crippen LogP contribution in [-0.4, -0.2) is 4.98 Å². The highest BCUT2D eigenvalue weighted by atomic mass is 14.7. The molecule has 230 valence electrons. The van der Waals surface area contributed by atoms with Crippen molar-refractivity contribution in [3.05, 3.63) is 126 Å². The third kappa shape index (κ3) is 3.86. The average molecular weight is 608 g/mol. The third-order valence-electron chi connectivity index (χ3n) is 11.1. The van der Waals surface area contributed by atoms with Gasteiger partial charge in [0.05, 0.1) is 5.69 Å². The highest BCUT2D eigenvalue weighted by molar-refractivity contribution is 6.28. The van der Waals surface area contributed by atoms with Crippen LogP contribution >= 0.6 is 0 Å². The second-order valence-corrected chi connectivity index (χ2v) is 16.4. The van der Waals surface area contributed by atoms with Crippen LogP contribution in [0.2, 0.25) is 0 Å². The third-order valence-corrected chi connectivity index (χ3v) is 11.1. The van der Waals surface area contributed by atoms with Gasteiger partial charge in [0, 0.05) is 22.7 Å². The Morgan fingerprint density at radius 2 is 1.13 bits per heavy atom. The molecule has 0 N–H and O–H groups in total. The Bertz CT molecular complexity index is 2490. The zero-order valence-corrected chi connectivity index (χ0v) is 28.8. The van der Waals surface area contributed by atoms with Crippen LogP contribution in [0.5, 0.6) is 0 Å². The van der Waals surface area contributed by atoms with Crippen molar-refractivity contribution in [2.24, 2.45) is 0 Å². The monoisotopic (exact) mass is 607 g/mol. The lowest BCUT2D eigenvalue weighted by atomic mass is 9.76. The van der Waals surface area contributed by atoms with Gasteiger partial charge in [0.25, 0.3) is 0 Å². The van der Waals surface area contributed by atoms with Crippen molar-refractivity contribution in [1.29, 1.82) is 0 Å². The van der Waals surface area contributed by atoms with Crippen LogP contribution < -0.4 is 0 Å². The molecule has 7 aromatic rings. The van der Waals surface area contributed by atoms with E-state index in [1.165, 1.54) is 93.5 Å². The van der Waals surface area contributed by atoms with Crippen molar-refractivity contribution < 1.29 is 0 Å². The molecule has 2 aliphatic rings. The summed E-state index contributed by atoms with van der Waals surface area (Å²) in [5.74, 6) is 0. The molecule has 0 aliphatic heterocycles. The first-order valence-electron chi connectivity index (χ1n) is 17.1. The summed E-state index contributed by atoms with van der Waals surface area (Å²) >= 11 is 0. The van der Waals surface area contributed by atoms with E-state index in [9.17, 15) is 0 Å². The van der Waals surface area contributed by atoms with Gasteiger partial charge in [0.15, 0.2) is 0 Å². The van der Waals surface area contributed by atoms with E-state index in [0.29, 0.717) is 0 Å². The van der Waals surface area contributed by atoms with E-state index in [0.717, 1.165) is 5.69 Å². The summed E-state index contributed by atoms with van der Waals surface area (Å²) in [6.07, 6.45) is 1.93. The molecule has 2 aliphatic carbocycles. The predicted molar refractivity (Wildman–Crippen MR) is 202 cm³/mol. The second-order valence-electron chi connectivity index (χ2n) is 16.4. The zero-order chi connectivity index (χ0) is 32.6. The maximum Gasteiger partial charge on any atom is 0.0787 e. The largest absolute Gasteiger partial charge is 0.256 e. The molecule has 0 fully saturated rings. The van der Waals surface area contributed by atoms with Crippen molar-refractivity contribution in [3.63, 3.8) is 0 Å². The van der Waals surface area contributed by atoms with Crippen LogP contribution in [0, 0.1) is 0 Å². The number of pyridine rings is 1. The summed E-state index contributed by atoms with van der Waals surface area (Å²) in [6, 6.07) is 37.3. The van der Waals surface area contributed by atoms with Crippen LogP contribution in [0.4, 0.5) is 0 Å². The van der Waals surface area contributed by atoms with Gasteiger partial charge in [-0.15, -0.1) is 0 Å². The van der Waals surface area contributed by atoms with Crippen molar-refractivity contribution >= 4 is 32.3 Å². The van der Waals surface area contributed by atoms with Crippen LogP contribution in [0.3, 0.4) is 0 Å². The van der Waals surface area contributed by atoms with Crippen LogP contribution in [0.1, 0.15) is 77.6 Å². The maximum absolute atomic E-state index is 4.88. The van der Waals surface area contributed by atoms with E-state index in [1.54, 1.807) is 0 Å². The van der Waals surface area contributed by atoms with Gasteiger partial charge in [0.1, 0.15) is 0 Å². The van der Waals surface area contributed by atoms with Crippen LogP contribution in [0.15, 0.2) is 103 Å². The Balaban J connectivity index is 1.43. The Labute approximate surface area is 278 Å². The van der Waals surface area contributed by atoms with Gasteiger partial charge in [-0.2, -0.15) is 0 Å². The molecule has 0 unspecified atom stereocenters. The predicted octanol–water partition coefficient (Wildman–Crippen LogP) is 12.8. The Hall–Kier alpha value is -4.75. The van der Waals surface area contributed by atoms with E-state index in [-0.39, 0.29) is 16.2 Å². The molecule has 0 amide bonds. The fourth-order valence-electron chi connectivity index (χ4n) is 8.49. The molecular weight excluding hydrogens is 567 g/mol. The quantitative estimate of drug-likeness (QED) is 0.169. The molecule has 6 aromatic carbocycles. The van der Waals surface area contributed by atoms with E-state index < -0.39 is 0 Å². The molecule has 0 spiro atoms. The summed E-state index contributed by atoms with van der Waals surface area (Å²) in [7, 11) is 0. The second kappa shape index (κ2) is 9.20. The van der Waals surface area contributed by atoms with E-state index in [2.05, 4.69) is 152 Å². The molecule has 47 heavy (non-hydrogen) atoms. The molecule has 0 bridgehead atoms. The SMILES string of the molecule is CC(C)(C)c1ccc2c(c1)C(C)(C)c1cc(C(C)(C)C)cc(-c3cc4c5cccc6c5c(cc4c4ccccc34)-c3ncccc3-6)c1-2. The summed E-state index contributed by atoms with van der Waals surface area (Å²) in [5, 5.41) is 7.82. The van der Waals surface area contributed by atoms with E-state index in [4.69, 9.17) is 4.98 Å². The molecule has 0 saturated heterocycles. The highest BCUT2D eigenvalue weighted by Gasteiger charge is 2.39. The first kappa shape index (κ1) is 28.5. The average Bonchev–Trinajstić information content (AvgIpc) is 3.49. The van der Waals surface area contributed by atoms with Gasteiger partial charge in [-0.3, -0.25) is 4.98 Å². The molecule has 1 nitrogen and oxygen atoms in total. The van der Waals surface area contributed by atoms with Gasteiger partial charge in [-0.1, -0.05) is 128 Å². The molecule has 0 radical (unpaired) electrons. The van der Waals surface area contributed by atoms with Crippen molar-refractivity contribution in [3.8, 4) is 44.6 Å². The normalized spacial score (nSPS) is 14.6. The minimum atomic E-state index is -0.109. The molecule has 1 heterocycles. The minimum Gasteiger partial charge on any atom is -0.256 e. The van der Waals surface area contributed by atoms with Crippen molar-refractivity contribution in [2.75, 3.05) is 0 Å². The summed E-state index contributed by atoms with van der Waals surface area (Å²) in [6.45, 7) is 18.9. The Morgan fingerprint density at radius 1 is 0.468 bits per heavy atom. The fourth-order valence-corrected chi connectivity index (χ4v) is 8.49. The summed E-state index contributed by atoms with van der Waals surface area (Å²) in [5.41, 5.74) is 15.9. The lowest BCUT2D eigenvalue weighted by molar-refractivity contribution is 0.580. The number of aromatic nitrogens is 1. The number of hydrogen-bond donors (Lipinski definition) is 0.